The number of carbonyl (C=O) groups is 1. The van der Waals surface area contributed by atoms with E-state index in [-0.39, 0.29) is 0 Å². The number of aliphatic carboxylic acids is 1. The van der Waals surface area contributed by atoms with E-state index in [1.807, 2.05) is 0 Å². The Morgan fingerprint density at radius 3 is 1.69 bits per heavy atom. The maximum absolute atomic E-state index is 13.0. The first-order valence-electron chi connectivity index (χ1n) is 12.3. The fourth-order valence-electron chi connectivity index (χ4n) is 5.86. The Balaban J connectivity index is 3.09. The van der Waals surface area contributed by atoms with Crippen molar-refractivity contribution in [3.63, 3.8) is 0 Å². The van der Waals surface area contributed by atoms with Crippen LogP contribution in [0.25, 0.3) is 0 Å². The van der Waals surface area contributed by atoms with E-state index in [0.29, 0.717) is 0 Å². The molecule has 8 N–H and O–H groups in total. The smallest absolute Gasteiger partial charge is 0.339 e. The van der Waals surface area contributed by atoms with Crippen LogP contribution >= 0.6 is 0 Å². The highest BCUT2D eigenvalue weighted by atomic mass is 16.8. The summed E-state index contributed by atoms with van der Waals surface area (Å²) in [4.78, 5) is 13.0. The van der Waals surface area contributed by atoms with Gasteiger partial charge >= 0.3 is 5.97 Å². The third-order valence-electron chi connectivity index (χ3n) is 7.76. The highest BCUT2D eigenvalue weighted by Crippen LogP contribution is 2.61. The van der Waals surface area contributed by atoms with Crippen molar-refractivity contribution in [1.29, 1.82) is 0 Å². The van der Waals surface area contributed by atoms with Gasteiger partial charge in [0.1, 0.15) is 36.1 Å². The van der Waals surface area contributed by atoms with Gasteiger partial charge in [0.05, 0.1) is 6.61 Å². The van der Waals surface area contributed by atoms with E-state index in [1.165, 1.54) is 0 Å². The first kappa shape index (κ1) is 33.0. The minimum absolute atomic E-state index is 0.613. The van der Waals surface area contributed by atoms with Crippen LogP contribution in [0.5, 0.6) is 0 Å². The van der Waals surface area contributed by atoms with Crippen molar-refractivity contribution >= 4 is 5.97 Å². The Labute approximate surface area is 227 Å². The second-order valence-electron chi connectivity index (χ2n) is 9.88. The van der Waals surface area contributed by atoms with Crippen molar-refractivity contribution in [3.05, 3.63) is 63.3 Å². The summed E-state index contributed by atoms with van der Waals surface area (Å²) >= 11 is 0. The molecule has 9 atom stereocenters. The summed E-state index contributed by atoms with van der Waals surface area (Å²) in [5.74, 6) is -7.18. The Bertz CT molecular complexity index is 970. The van der Waals surface area contributed by atoms with E-state index >= 15 is 0 Å². The van der Waals surface area contributed by atoms with Crippen LogP contribution in [-0.2, 0) is 19.0 Å². The molecule has 12 heteroatoms. The summed E-state index contributed by atoms with van der Waals surface area (Å²) in [5, 5.41) is 88.8. The topological polar surface area (TPSA) is 207 Å². The van der Waals surface area contributed by atoms with E-state index in [9.17, 15) is 45.6 Å². The molecule has 220 valence electrons. The largest absolute Gasteiger partial charge is 0.479 e. The van der Waals surface area contributed by atoms with Crippen LogP contribution < -0.4 is 0 Å². The predicted molar refractivity (Wildman–Crippen MR) is 138 cm³/mol. The van der Waals surface area contributed by atoms with Crippen molar-refractivity contribution in [2.45, 2.75) is 84.4 Å². The van der Waals surface area contributed by atoms with Gasteiger partial charge in [0.15, 0.2) is 5.60 Å². The summed E-state index contributed by atoms with van der Waals surface area (Å²) in [7, 11) is 0. The van der Waals surface area contributed by atoms with Gasteiger partial charge in [0.25, 0.3) is 0 Å². The molecule has 12 nitrogen and oxygen atoms in total. The van der Waals surface area contributed by atoms with Gasteiger partial charge in [-0.3, -0.25) is 0 Å². The zero-order valence-corrected chi connectivity index (χ0v) is 21.8. The quantitative estimate of drug-likeness (QED) is 0.119. The second kappa shape index (κ2) is 11.7. The summed E-state index contributed by atoms with van der Waals surface area (Å²) < 4.78 is 17.7. The Hall–Kier alpha value is -2.23. The fraction of sp³-hybridized carbons (Fsp3) is 0.593. The summed E-state index contributed by atoms with van der Waals surface area (Å²) in [5.41, 5.74) is -11.3. The molecule has 1 unspecified atom stereocenters. The van der Waals surface area contributed by atoms with Gasteiger partial charge in [-0.05, 0) is 6.42 Å². The zero-order chi connectivity index (χ0) is 29.9. The van der Waals surface area contributed by atoms with Crippen LogP contribution in [0.4, 0.5) is 0 Å². The van der Waals surface area contributed by atoms with Crippen molar-refractivity contribution in [1.82, 2.24) is 0 Å². The first-order valence-corrected chi connectivity index (χ1v) is 12.3. The minimum atomic E-state index is -2.86. The standard InChI is InChI=1S/C27H40O12/c1-6-11-22(21(32)33)24(34,12-7-2)25(35,13-8-3)26(36,14-9-4)27(38-22,15-10-5)39-23(17-29)20(31)19(30)18(16-28)37-23/h6-10,18-20,28-31,34-36H,1-5,11-17H2,(H,32,33)/t18-,19-,20+,22-,23?,24-,25+,26-,27+/m1/s1. The Morgan fingerprint density at radius 1 is 0.795 bits per heavy atom. The van der Waals surface area contributed by atoms with Gasteiger partial charge in [-0.1, -0.05) is 30.4 Å². The maximum atomic E-state index is 13.0. The number of aliphatic hydroxyl groups is 7. The van der Waals surface area contributed by atoms with Crippen LogP contribution in [0.15, 0.2) is 63.3 Å². The fourth-order valence-corrected chi connectivity index (χ4v) is 5.86. The normalized spacial score (nSPS) is 43.9. The second-order valence-corrected chi connectivity index (χ2v) is 9.88. The molecule has 0 aromatic rings. The lowest BCUT2D eigenvalue weighted by Gasteiger charge is -2.68. The third-order valence-corrected chi connectivity index (χ3v) is 7.76. The molecule has 2 aliphatic heterocycles. The Kier molecular flexibility index (Phi) is 9.90. The van der Waals surface area contributed by atoms with E-state index in [1.54, 1.807) is 0 Å². The molecule has 0 aliphatic carbocycles. The molecule has 39 heavy (non-hydrogen) atoms. The maximum Gasteiger partial charge on any atom is 0.339 e. The average Bonchev–Trinajstić information content (AvgIpc) is 3.12. The number of hydrogen-bond donors (Lipinski definition) is 8. The molecule has 0 radical (unpaired) electrons. The van der Waals surface area contributed by atoms with Crippen LogP contribution in [0.1, 0.15) is 32.1 Å². The molecular weight excluding hydrogens is 516 g/mol. The predicted octanol–water partition coefficient (Wildman–Crippen LogP) is -0.572. The van der Waals surface area contributed by atoms with Gasteiger partial charge in [-0.2, -0.15) is 0 Å². The lowest BCUT2D eigenvalue weighted by Crippen LogP contribution is -2.89. The van der Waals surface area contributed by atoms with Crippen LogP contribution in [0.2, 0.25) is 0 Å². The van der Waals surface area contributed by atoms with Crippen LogP contribution in [0.3, 0.4) is 0 Å². The molecule has 2 aliphatic rings. The highest BCUT2D eigenvalue weighted by Gasteiger charge is 2.83. The summed E-state index contributed by atoms with van der Waals surface area (Å²) in [6.07, 6.45) is -2.75. The number of carboxylic acid groups (broad SMARTS) is 1. The first-order chi connectivity index (χ1) is 18.2. The zero-order valence-electron chi connectivity index (χ0n) is 21.8. The number of carboxylic acids is 1. The molecule has 0 amide bonds. The monoisotopic (exact) mass is 556 g/mol. The molecule has 0 aromatic heterocycles. The highest BCUT2D eigenvalue weighted by molar-refractivity contribution is 5.81. The van der Waals surface area contributed by atoms with Crippen molar-refractivity contribution in [3.8, 4) is 0 Å². The van der Waals surface area contributed by atoms with E-state index in [2.05, 4.69) is 32.9 Å². The molecule has 2 saturated heterocycles. The molecular formula is C27H40O12. The summed E-state index contributed by atoms with van der Waals surface area (Å²) in [6, 6.07) is 0. The van der Waals surface area contributed by atoms with E-state index in [0.717, 1.165) is 30.4 Å². The SMILES string of the molecule is C=CC[C@@]1(OC2(CO)O[C@H](CO)[C@@H](O)[C@@H]2O)O[C@](CC=C)(C(=O)O)[C@](O)(CC=C)[C@@](O)(CC=C)[C@]1(O)CC=C. The molecule has 0 spiro atoms. The molecule has 0 bridgehead atoms. The van der Waals surface area contributed by atoms with Crippen LogP contribution in [0, 0.1) is 0 Å². The van der Waals surface area contributed by atoms with E-state index in [4.69, 9.17) is 14.2 Å². The van der Waals surface area contributed by atoms with Gasteiger partial charge in [-0.15, -0.1) is 32.9 Å². The van der Waals surface area contributed by atoms with Gasteiger partial charge in [0.2, 0.25) is 17.2 Å². The van der Waals surface area contributed by atoms with Crippen molar-refractivity contribution in [2.75, 3.05) is 13.2 Å². The third kappa shape index (κ3) is 4.45. The molecule has 2 heterocycles. The summed E-state index contributed by atoms with van der Waals surface area (Å²) in [6.45, 7) is 15.9. The van der Waals surface area contributed by atoms with Crippen molar-refractivity contribution in [2.24, 2.45) is 0 Å². The number of aliphatic hydroxyl groups excluding tert-OH is 4. The molecule has 0 saturated carbocycles. The van der Waals surface area contributed by atoms with Gasteiger partial charge in [0, 0.05) is 25.7 Å². The van der Waals surface area contributed by atoms with Gasteiger partial charge in [-0.25, -0.2) is 4.79 Å². The lowest BCUT2D eigenvalue weighted by atomic mass is 9.54. The number of ether oxygens (including phenoxy) is 3. The Morgan fingerprint density at radius 2 is 1.28 bits per heavy atom. The lowest BCUT2D eigenvalue weighted by molar-refractivity contribution is -0.497. The minimum Gasteiger partial charge on any atom is -0.479 e. The molecule has 2 rings (SSSR count). The molecule has 2 fully saturated rings. The average molecular weight is 557 g/mol. The number of hydrogen-bond acceptors (Lipinski definition) is 11. The molecule has 0 aromatic carbocycles. The van der Waals surface area contributed by atoms with Gasteiger partial charge < -0.3 is 55.1 Å². The van der Waals surface area contributed by atoms with Crippen molar-refractivity contribution < 1.29 is 59.9 Å². The number of rotatable bonds is 15. The van der Waals surface area contributed by atoms with E-state index < -0.39 is 104 Å². The van der Waals surface area contributed by atoms with Crippen LogP contribution in [-0.4, -0.2) is 112 Å².